The molecule has 0 aliphatic carbocycles. The van der Waals surface area contributed by atoms with E-state index >= 15 is 0 Å². The summed E-state index contributed by atoms with van der Waals surface area (Å²) >= 11 is 0. The maximum absolute atomic E-state index is 9.62. The summed E-state index contributed by atoms with van der Waals surface area (Å²) in [5.74, 6) is 1.40. The molecule has 0 aromatic heterocycles. The standard InChI is InChI=1S/C13H22N2O3/c1-6-9(16)7-10-12(17-4)15-11(8(2)3)13(14-10)18-5/h6,8-11,16H,1,7H2,2-5H3. The highest BCUT2D eigenvalue weighted by Crippen LogP contribution is 2.20. The zero-order valence-electron chi connectivity index (χ0n) is 11.5. The monoisotopic (exact) mass is 254 g/mol. The highest BCUT2D eigenvalue weighted by Gasteiger charge is 2.31. The zero-order chi connectivity index (χ0) is 13.7. The first kappa shape index (κ1) is 14.7. The van der Waals surface area contributed by atoms with Crippen LogP contribution in [0.15, 0.2) is 22.6 Å². The van der Waals surface area contributed by atoms with Gasteiger partial charge in [-0.3, -0.25) is 0 Å². The molecule has 0 saturated carbocycles. The lowest BCUT2D eigenvalue weighted by molar-refractivity contribution is 0.204. The van der Waals surface area contributed by atoms with Crippen molar-refractivity contribution in [1.29, 1.82) is 0 Å². The van der Waals surface area contributed by atoms with E-state index in [0.29, 0.717) is 18.2 Å². The van der Waals surface area contributed by atoms with Crippen molar-refractivity contribution in [3.8, 4) is 0 Å². The minimum absolute atomic E-state index is 0.123. The molecule has 3 atom stereocenters. The van der Waals surface area contributed by atoms with Crippen LogP contribution in [0.5, 0.6) is 0 Å². The van der Waals surface area contributed by atoms with Crippen LogP contribution in [-0.2, 0) is 9.47 Å². The first-order chi connectivity index (χ1) is 8.53. The molecule has 5 heteroatoms. The van der Waals surface area contributed by atoms with Gasteiger partial charge in [0.1, 0.15) is 12.1 Å². The van der Waals surface area contributed by atoms with Crippen molar-refractivity contribution in [2.75, 3.05) is 14.2 Å². The van der Waals surface area contributed by atoms with E-state index in [1.165, 1.54) is 6.08 Å². The van der Waals surface area contributed by atoms with Gasteiger partial charge in [-0.05, 0) is 5.92 Å². The Hall–Kier alpha value is -1.36. The van der Waals surface area contributed by atoms with E-state index in [1.54, 1.807) is 14.2 Å². The number of aliphatic hydroxyl groups excluding tert-OH is 1. The van der Waals surface area contributed by atoms with Crippen LogP contribution in [0.25, 0.3) is 0 Å². The molecule has 5 nitrogen and oxygen atoms in total. The molecule has 1 N–H and O–H groups in total. The molecule has 0 spiro atoms. The second kappa shape index (κ2) is 6.54. The normalized spacial score (nSPS) is 25.2. The number of nitrogens with zero attached hydrogens (tertiary/aromatic N) is 2. The summed E-state index contributed by atoms with van der Waals surface area (Å²) < 4.78 is 10.5. The molecule has 0 radical (unpaired) electrons. The summed E-state index contributed by atoms with van der Waals surface area (Å²) in [6.07, 6.45) is 1.24. The Labute approximate surface area is 108 Å². The van der Waals surface area contributed by atoms with Gasteiger partial charge in [-0.15, -0.1) is 6.58 Å². The largest absolute Gasteiger partial charge is 0.483 e. The first-order valence-electron chi connectivity index (χ1n) is 6.07. The number of hydrogen-bond donors (Lipinski definition) is 1. The molecule has 1 aliphatic rings. The molecule has 1 rings (SSSR count). The maximum atomic E-state index is 9.62. The van der Waals surface area contributed by atoms with Crippen LogP contribution in [0.1, 0.15) is 20.3 Å². The van der Waals surface area contributed by atoms with E-state index in [4.69, 9.17) is 9.47 Å². The van der Waals surface area contributed by atoms with E-state index in [2.05, 4.69) is 30.4 Å². The van der Waals surface area contributed by atoms with Gasteiger partial charge in [-0.2, -0.15) is 0 Å². The van der Waals surface area contributed by atoms with Crippen LogP contribution in [-0.4, -0.2) is 49.3 Å². The third-order valence-corrected chi connectivity index (χ3v) is 2.87. The molecule has 0 aromatic rings. The third kappa shape index (κ3) is 3.32. The summed E-state index contributed by atoms with van der Waals surface area (Å²) in [6.45, 7) is 7.65. The highest BCUT2D eigenvalue weighted by molar-refractivity contribution is 5.94. The van der Waals surface area contributed by atoms with Crippen molar-refractivity contribution in [3.63, 3.8) is 0 Å². The van der Waals surface area contributed by atoms with E-state index < -0.39 is 6.10 Å². The maximum Gasteiger partial charge on any atom is 0.209 e. The van der Waals surface area contributed by atoms with Crippen LogP contribution in [0.3, 0.4) is 0 Å². The van der Waals surface area contributed by atoms with Crippen LogP contribution in [0.2, 0.25) is 0 Å². The van der Waals surface area contributed by atoms with Crippen LogP contribution >= 0.6 is 0 Å². The zero-order valence-corrected chi connectivity index (χ0v) is 11.5. The van der Waals surface area contributed by atoms with E-state index in [-0.39, 0.29) is 18.0 Å². The Morgan fingerprint density at radius 1 is 1.28 bits per heavy atom. The number of methoxy groups -OCH3 is 2. The molecular formula is C13H22N2O3. The van der Waals surface area contributed by atoms with Crippen molar-refractivity contribution >= 4 is 11.8 Å². The number of rotatable bonds is 4. The minimum atomic E-state index is -0.632. The van der Waals surface area contributed by atoms with Crippen LogP contribution in [0.4, 0.5) is 0 Å². The molecule has 18 heavy (non-hydrogen) atoms. The van der Waals surface area contributed by atoms with Gasteiger partial charge in [0.2, 0.25) is 11.8 Å². The van der Waals surface area contributed by atoms with E-state index in [1.807, 2.05) is 0 Å². The lowest BCUT2D eigenvalue weighted by Gasteiger charge is -2.27. The van der Waals surface area contributed by atoms with Crippen molar-refractivity contribution in [1.82, 2.24) is 0 Å². The van der Waals surface area contributed by atoms with Gasteiger partial charge < -0.3 is 14.6 Å². The fourth-order valence-electron chi connectivity index (χ4n) is 1.84. The Bertz CT molecular complexity index is 350. The van der Waals surface area contributed by atoms with E-state index in [0.717, 1.165) is 0 Å². The number of aliphatic imine (C=N–C) groups is 2. The lowest BCUT2D eigenvalue weighted by atomic mass is 10.0. The molecule has 0 fully saturated rings. The Morgan fingerprint density at radius 3 is 2.33 bits per heavy atom. The molecular weight excluding hydrogens is 232 g/mol. The molecule has 0 saturated heterocycles. The molecule has 0 bridgehead atoms. The molecule has 1 heterocycles. The van der Waals surface area contributed by atoms with Gasteiger partial charge in [-0.1, -0.05) is 19.9 Å². The Morgan fingerprint density at radius 2 is 1.89 bits per heavy atom. The van der Waals surface area contributed by atoms with E-state index in [9.17, 15) is 5.11 Å². The van der Waals surface area contributed by atoms with Crippen LogP contribution < -0.4 is 0 Å². The number of aliphatic hydroxyl groups is 1. The molecule has 0 amide bonds. The van der Waals surface area contributed by atoms with Gasteiger partial charge >= 0.3 is 0 Å². The average Bonchev–Trinajstić information content (AvgIpc) is 2.37. The van der Waals surface area contributed by atoms with Crippen molar-refractivity contribution in [3.05, 3.63) is 12.7 Å². The second-order valence-corrected chi connectivity index (χ2v) is 4.59. The Kier molecular flexibility index (Phi) is 5.34. The molecule has 1 aliphatic heterocycles. The molecule has 3 unspecified atom stereocenters. The molecule has 102 valence electrons. The predicted molar refractivity (Wildman–Crippen MR) is 72.1 cm³/mol. The van der Waals surface area contributed by atoms with Crippen molar-refractivity contribution in [2.45, 2.75) is 38.5 Å². The third-order valence-electron chi connectivity index (χ3n) is 2.87. The average molecular weight is 254 g/mol. The van der Waals surface area contributed by atoms with Gasteiger partial charge in [0.15, 0.2) is 0 Å². The SMILES string of the molecule is C=CC(O)CC1N=C(OC)C(C(C)C)N=C1OC. The summed E-state index contributed by atoms with van der Waals surface area (Å²) in [4.78, 5) is 8.99. The minimum Gasteiger partial charge on any atom is -0.483 e. The van der Waals surface area contributed by atoms with Gasteiger partial charge in [0.05, 0.1) is 20.3 Å². The van der Waals surface area contributed by atoms with Gasteiger partial charge in [-0.25, -0.2) is 9.98 Å². The highest BCUT2D eigenvalue weighted by atomic mass is 16.5. The number of ether oxygens (including phenoxy) is 2. The lowest BCUT2D eigenvalue weighted by Crippen LogP contribution is -2.38. The predicted octanol–water partition coefficient (Wildman–Crippen LogP) is 1.42. The van der Waals surface area contributed by atoms with Crippen LogP contribution in [0, 0.1) is 5.92 Å². The molecule has 0 aromatic carbocycles. The number of hydrogen-bond acceptors (Lipinski definition) is 5. The quantitative estimate of drug-likeness (QED) is 0.772. The first-order valence-corrected chi connectivity index (χ1v) is 6.07. The van der Waals surface area contributed by atoms with Gasteiger partial charge in [0, 0.05) is 6.42 Å². The Balaban J connectivity index is 2.94. The van der Waals surface area contributed by atoms with Crippen molar-refractivity contribution in [2.24, 2.45) is 15.9 Å². The summed E-state index contributed by atoms with van der Waals surface area (Å²) in [6, 6.07) is -0.435. The summed E-state index contributed by atoms with van der Waals surface area (Å²) in [5.41, 5.74) is 0. The smallest absolute Gasteiger partial charge is 0.209 e. The summed E-state index contributed by atoms with van der Waals surface area (Å²) in [7, 11) is 3.15. The fourth-order valence-corrected chi connectivity index (χ4v) is 1.84. The van der Waals surface area contributed by atoms with Gasteiger partial charge in [0.25, 0.3) is 0 Å². The second-order valence-electron chi connectivity index (χ2n) is 4.59. The topological polar surface area (TPSA) is 63.4 Å². The summed E-state index contributed by atoms with van der Waals surface area (Å²) in [5, 5.41) is 9.62. The fraction of sp³-hybridized carbons (Fsp3) is 0.692. The van der Waals surface area contributed by atoms with Crippen molar-refractivity contribution < 1.29 is 14.6 Å².